The molecule has 0 saturated carbocycles. The van der Waals surface area contributed by atoms with Gasteiger partial charge in [-0.15, -0.1) is 0 Å². The normalized spacial score (nSPS) is 15.8. The first-order chi connectivity index (χ1) is 68.4. The van der Waals surface area contributed by atoms with Crippen molar-refractivity contribution in [2.45, 2.75) is 83.1 Å². The first kappa shape index (κ1) is 129. The van der Waals surface area contributed by atoms with E-state index < -0.39 is 393 Å². The Morgan fingerprint density at radius 3 is 0.531 bits per heavy atom. The van der Waals surface area contributed by atoms with Crippen LogP contribution in [0.5, 0.6) is 0 Å². The third kappa shape index (κ3) is 35.5. The van der Waals surface area contributed by atoms with E-state index in [1.165, 1.54) is 12.1 Å². The van der Waals surface area contributed by atoms with Crippen molar-refractivity contribution in [1.29, 1.82) is 0 Å². The smallest absolute Gasteiger partial charge is 0.417 e. The van der Waals surface area contributed by atoms with Crippen LogP contribution < -0.4 is 0 Å². The zero-order valence-corrected chi connectivity index (χ0v) is 83.6. The van der Waals surface area contributed by atoms with Crippen LogP contribution in [0.2, 0.25) is 0 Å². The third-order valence-electron chi connectivity index (χ3n) is 22.5. The van der Waals surface area contributed by atoms with Gasteiger partial charge >= 0.3 is 137 Å². The lowest BCUT2D eigenvalue weighted by Gasteiger charge is -2.37. The lowest BCUT2D eigenvalue weighted by Crippen LogP contribution is -2.51. The van der Waals surface area contributed by atoms with Gasteiger partial charge < -0.3 is 160 Å². The molecule has 0 spiro atoms. The highest BCUT2D eigenvalue weighted by molar-refractivity contribution is 6.31. The van der Waals surface area contributed by atoms with E-state index in [4.69, 9.17) is 85.3 Å². The summed E-state index contributed by atoms with van der Waals surface area (Å²) in [5.74, 6) is -38.9. The molecule has 56 nitrogen and oxygen atoms in total. The Balaban J connectivity index is 3.68. The van der Waals surface area contributed by atoms with Gasteiger partial charge in [0.05, 0.1) is 107 Å². The highest BCUT2D eigenvalue weighted by atomic mass is 16.7. The van der Waals surface area contributed by atoms with E-state index in [1.807, 2.05) is 0 Å². The van der Waals surface area contributed by atoms with Gasteiger partial charge in [0.25, 0.3) is 0 Å². The summed E-state index contributed by atoms with van der Waals surface area (Å²) >= 11 is 0. The molecular formula is C91H124O56. The largest absolute Gasteiger partial charge is 0.464 e. The van der Waals surface area contributed by atoms with E-state index >= 15 is 19.2 Å². The van der Waals surface area contributed by atoms with Gasteiger partial charge in [0.2, 0.25) is 0 Å². The van der Waals surface area contributed by atoms with Crippen molar-refractivity contribution in [2.75, 3.05) is 221 Å². The van der Waals surface area contributed by atoms with Crippen molar-refractivity contribution in [3.63, 3.8) is 0 Å². The minimum Gasteiger partial charge on any atom is -0.464 e. The fourth-order valence-electron chi connectivity index (χ4n) is 10.6. The summed E-state index contributed by atoms with van der Waals surface area (Å²) in [6, 6.07) is 10.9. The lowest BCUT2D eigenvalue weighted by atomic mass is 9.88. The van der Waals surface area contributed by atoms with Gasteiger partial charge in [-0.3, -0.25) is 57.5 Å². The molecule has 10 N–H and O–H groups in total. The van der Waals surface area contributed by atoms with Crippen molar-refractivity contribution in [2.24, 2.45) is 70.4 Å². The van der Waals surface area contributed by atoms with Crippen LogP contribution >= 0.6 is 0 Å². The summed E-state index contributed by atoms with van der Waals surface area (Å²) in [5, 5.41) is 106. The Morgan fingerprint density at radius 1 is 0.184 bits per heavy atom. The number of benzene rings is 2. The second-order valence-electron chi connectivity index (χ2n) is 37.2. The molecular weight excluding hydrogens is 1990 g/mol. The van der Waals surface area contributed by atoms with Gasteiger partial charge in [-0.25, -0.2) is 52.7 Å². The van der Waals surface area contributed by atoms with E-state index in [1.54, 1.807) is 30.3 Å². The molecule has 0 amide bonds. The highest BCUT2D eigenvalue weighted by Gasteiger charge is 2.54. The number of hydrogen-bond acceptors (Lipinski definition) is 56. The lowest BCUT2D eigenvalue weighted by molar-refractivity contribution is -0.192. The number of methoxy groups -OCH3 is 5. The molecule has 2 aromatic rings. The molecule has 0 heterocycles. The molecule has 0 bridgehead atoms. The van der Waals surface area contributed by atoms with Gasteiger partial charge in [-0.2, -0.15) is 0 Å². The number of rotatable bonds is 59. The average Bonchev–Trinajstić information content (AvgIpc) is 0.803. The first-order valence-corrected chi connectivity index (χ1v) is 43.5. The number of carbonyl (C=O) groups excluding carboxylic acids is 23. The molecule has 8 unspecified atom stereocenters. The molecule has 0 aromatic heterocycles. The molecule has 8 atom stereocenters. The second-order valence-corrected chi connectivity index (χ2v) is 37.2. The van der Waals surface area contributed by atoms with Gasteiger partial charge in [0, 0.05) is 0 Å². The van der Waals surface area contributed by atoms with Crippen LogP contribution in [0.3, 0.4) is 0 Å². The number of esters is 23. The van der Waals surface area contributed by atoms with Crippen molar-refractivity contribution < 1.29 is 270 Å². The Kier molecular flexibility index (Phi) is 49.8. The Labute approximate surface area is 837 Å². The molecule has 2 aromatic carbocycles. The molecule has 147 heavy (non-hydrogen) atoms. The Morgan fingerprint density at radius 2 is 0.340 bits per heavy atom. The van der Waals surface area contributed by atoms with Crippen molar-refractivity contribution in [3.05, 3.63) is 48.0 Å². The van der Waals surface area contributed by atoms with Crippen LogP contribution in [0.25, 0.3) is 10.8 Å². The topological polar surface area (TPSA) is 807 Å². The maximum absolute atomic E-state index is 15.8. The summed E-state index contributed by atoms with van der Waals surface area (Å²) in [5.41, 5.74) is -34.4. The van der Waals surface area contributed by atoms with Gasteiger partial charge in [0.15, 0.2) is 0 Å². The summed E-state index contributed by atoms with van der Waals surface area (Å²) in [7, 11) is 3.71. The molecule has 0 saturated heterocycles. The molecule has 0 fully saturated rings. The van der Waals surface area contributed by atoms with Gasteiger partial charge in [-0.1, -0.05) is 36.4 Å². The van der Waals surface area contributed by atoms with Crippen LogP contribution in [0.15, 0.2) is 42.5 Å². The van der Waals surface area contributed by atoms with E-state index in [2.05, 4.69) is 23.7 Å². The van der Waals surface area contributed by atoms with Crippen LogP contribution in [-0.4, -0.2) is 409 Å². The van der Waals surface area contributed by atoms with Crippen molar-refractivity contribution in [1.82, 2.24) is 0 Å². The highest BCUT2D eigenvalue weighted by Crippen LogP contribution is 2.37. The quantitative estimate of drug-likeness (QED) is 0.0167. The van der Waals surface area contributed by atoms with Gasteiger partial charge in [-0.05, 0) is 99.9 Å². The Hall–Kier alpha value is -13.9. The van der Waals surface area contributed by atoms with Crippen LogP contribution in [0, 0.1) is 70.4 Å². The van der Waals surface area contributed by atoms with E-state index in [9.17, 15) is 142 Å². The molecule has 0 aliphatic heterocycles. The molecule has 0 aliphatic rings. The summed E-state index contributed by atoms with van der Waals surface area (Å²) in [6.07, 6.45) is 0. The van der Waals surface area contributed by atoms with E-state index in [0.29, 0.717) is 24.6 Å². The minimum absolute atomic E-state index is 0.0503. The second kappa shape index (κ2) is 56.7. The average molecular weight is 2110 g/mol. The number of carbonyl (C=O) groups is 23. The molecule has 824 valence electrons. The predicted molar refractivity (Wildman–Crippen MR) is 471 cm³/mol. The van der Waals surface area contributed by atoms with Gasteiger partial charge in [0.1, 0.15) is 189 Å². The zero-order chi connectivity index (χ0) is 113. The fraction of sp³-hybridized carbons (Fsp3) is 0.637. The first-order valence-electron chi connectivity index (χ1n) is 43.5. The van der Waals surface area contributed by atoms with E-state index in [0.717, 1.165) is 105 Å². The maximum Gasteiger partial charge on any atom is 0.417 e. The summed E-state index contributed by atoms with van der Waals surface area (Å²) in [4.78, 5) is 314. The number of fused-ring (bicyclic) bond motifs is 1. The number of hydrogen-bond donors (Lipinski definition) is 10. The maximum atomic E-state index is 15.8. The summed E-state index contributed by atoms with van der Waals surface area (Å²) < 4.78 is 119. The molecule has 0 aliphatic carbocycles. The molecule has 2 rings (SSSR count). The van der Waals surface area contributed by atoms with Crippen molar-refractivity contribution in [3.8, 4) is 0 Å². The molecule has 56 heteroatoms. The van der Waals surface area contributed by atoms with Crippen LogP contribution in [-0.2, 0) is 214 Å². The minimum atomic E-state index is -3.24. The molecule has 0 radical (unpaired) electrons. The number of aliphatic hydroxyl groups is 10. The predicted octanol–water partition coefficient (Wildman–Crippen LogP) is -5.92. The summed E-state index contributed by atoms with van der Waals surface area (Å²) in [6.45, 7) is -29.9. The standard InChI is InChI=1S/C91H124O56/c1-79(25-92,26-93)67(113)136-41-87(9,43-138-69(115)81(3,29-96)35-130-56(102)55-24-20-22-53-21-18-19-23-54(53)55)75(121)144-49-91(50-145-76(122)88(10,42-137-68(114)80(2,27-94)28-95)44-139-70(116)82(4,30-97)36-131-62(108)57(103)125-13,51-146-77(123)89(11,45-140-71(117)83(5,31-98)37-132-63(109)58(104)126-14)46-141-72(118)84(6,32-99)38-133-64(110)59(105)127-15)52-147-78(124)90(12,47-142-73(119)85(7,33-100)39-134-65(111)60(106)128-16)48-143-74(120)86(8,34-101)40-135-66(112)61(107)129-17/h18-24,92-101H,25-52H2,1-17H3. The monoisotopic (exact) mass is 2110 g/mol. The van der Waals surface area contributed by atoms with Crippen molar-refractivity contribution >= 4 is 148 Å². The van der Waals surface area contributed by atoms with E-state index in [-0.39, 0.29) is 5.56 Å². The fourth-order valence-corrected chi connectivity index (χ4v) is 10.6. The Bertz CT molecular complexity index is 4760. The van der Waals surface area contributed by atoms with Crippen LogP contribution in [0.4, 0.5) is 0 Å². The van der Waals surface area contributed by atoms with Crippen LogP contribution in [0.1, 0.15) is 93.4 Å². The third-order valence-corrected chi connectivity index (χ3v) is 22.5. The zero-order valence-electron chi connectivity index (χ0n) is 83.6. The number of aliphatic hydroxyl groups excluding tert-OH is 10. The SMILES string of the molecule is COC(=O)C(=O)OCC(C)(CO)C(=O)OCC(C)(COC(=O)C(C)(CO)CO)C(=O)OCC(COC(=O)C(C)(COC(=O)C(C)(CO)COC(=O)C(=O)OC)COC(=O)C(C)(CO)COC(=O)C(=O)OC)(COC(=O)C(C)(COC(=O)C(C)(CO)COC(=O)C(=O)OC)COC(=O)C(C)(CO)COC(=O)C(=O)OC)COC(=O)C(C)(COC(=O)C(C)(CO)CO)COC(=O)C(C)(CO)COC(=O)c1cccc2ccccc12. The number of ether oxygens (including phenoxy) is 23.